The number of imidazole rings is 1. The monoisotopic (exact) mass is 359 g/mol. The molecule has 0 saturated heterocycles. The molecule has 0 saturated carbocycles. The Morgan fingerprint density at radius 3 is 2.37 bits per heavy atom. The van der Waals surface area contributed by atoms with E-state index in [0.29, 0.717) is 22.4 Å². The highest BCUT2D eigenvalue weighted by atomic mass is 16.2. The average Bonchev–Trinajstić information content (AvgIpc) is 3.00. The van der Waals surface area contributed by atoms with Crippen LogP contribution in [0, 0.1) is 11.3 Å². The number of benzene rings is 2. The molecule has 0 fully saturated rings. The average molecular weight is 359 g/mol. The van der Waals surface area contributed by atoms with Gasteiger partial charge in [-0.25, -0.2) is 9.08 Å². The largest absolute Gasteiger partial charge is 0.333 e. The Hall–Kier alpha value is -3.66. The molecule has 134 valence electrons. The van der Waals surface area contributed by atoms with Gasteiger partial charge in [0, 0.05) is 6.04 Å². The lowest BCUT2D eigenvalue weighted by Crippen LogP contribution is -2.40. The van der Waals surface area contributed by atoms with Gasteiger partial charge < -0.3 is 4.57 Å². The molecule has 0 N–H and O–H groups in total. The van der Waals surface area contributed by atoms with Crippen LogP contribution in [0.2, 0.25) is 0 Å². The fourth-order valence-electron chi connectivity index (χ4n) is 3.38. The van der Waals surface area contributed by atoms with Gasteiger partial charge in [0.15, 0.2) is 0 Å². The summed E-state index contributed by atoms with van der Waals surface area (Å²) in [5.74, 6) is 0.408. The van der Waals surface area contributed by atoms with Crippen LogP contribution in [-0.2, 0) is 6.54 Å². The maximum Gasteiger partial charge on any atom is 0.333 e. The number of hydrogen-bond acceptors (Lipinski definition) is 4. The van der Waals surface area contributed by atoms with Gasteiger partial charge in [-0.05, 0) is 37.6 Å². The first kappa shape index (κ1) is 16.8. The van der Waals surface area contributed by atoms with Crippen molar-refractivity contribution in [3.63, 3.8) is 0 Å². The number of aromatic nitrogens is 4. The van der Waals surface area contributed by atoms with E-state index >= 15 is 0 Å². The SMILES string of the molecule is CC(C)n1c2ccccc2n2c(=O)c(=O)n(Cc3ccccc3C#N)nc12. The summed E-state index contributed by atoms with van der Waals surface area (Å²) < 4.78 is 4.44. The highest BCUT2D eigenvalue weighted by Gasteiger charge is 2.19. The number of fused-ring (bicyclic) bond motifs is 3. The summed E-state index contributed by atoms with van der Waals surface area (Å²) in [5, 5.41) is 13.8. The summed E-state index contributed by atoms with van der Waals surface area (Å²) in [4.78, 5) is 25.5. The number of nitrogens with zero attached hydrogens (tertiary/aromatic N) is 5. The highest BCUT2D eigenvalue weighted by Crippen LogP contribution is 2.22. The molecular weight excluding hydrogens is 342 g/mol. The molecule has 7 heteroatoms. The molecule has 4 rings (SSSR count). The molecule has 7 nitrogen and oxygen atoms in total. The molecular formula is C20H17N5O2. The molecule has 2 aromatic carbocycles. The lowest BCUT2D eigenvalue weighted by atomic mass is 10.1. The van der Waals surface area contributed by atoms with E-state index < -0.39 is 11.1 Å². The minimum atomic E-state index is -0.716. The summed E-state index contributed by atoms with van der Waals surface area (Å²) in [6.45, 7) is 4.06. The molecule has 0 amide bonds. The van der Waals surface area contributed by atoms with Gasteiger partial charge in [-0.3, -0.25) is 9.59 Å². The zero-order valence-corrected chi connectivity index (χ0v) is 15.0. The van der Waals surface area contributed by atoms with E-state index in [0.717, 1.165) is 10.2 Å². The van der Waals surface area contributed by atoms with E-state index in [9.17, 15) is 14.9 Å². The number of nitriles is 1. The normalized spacial score (nSPS) is 11.3. The minimum Gasteiger partial charge on any atom is -0.306 e. The quantitative estimate of drug-likeness (QED) is 0.525. The summed E-state index contributed by atoms with van der Waals surface area (Å²) in [6, 6.07) is 16.6. The van der Waals surface area contributed by atoms with Gasteiger partial charge in [0.1, 0.15) is 0 Å². The Morgan fingerprint density at radius 2 is 1.67 bits per heavy atom. The first-order valence-electron chi connectivity index (χ1n) is 8.63. The first-order chi connectivity index (χ1) is 13.0. The molecule has 0 spiro atoms. The van der Waals surface area contributed by atoms with Crippen molar-refractivity contribution in [3.8, 4) is 6.07 Å². The van der Waals surface area contributed by atoms with Gasteiger partial charge in [-0.2, -0.15) is 5.26 Å². The molecule has 0 aliphatic rings. The van der Waals surface area contributed by atoms with Gasteiger partial charge in [-0.1, -0.05) is 30.3 Å². The molecule has 0 bridgehead atoms. The molecule has 0 radical (unpaired) electrons. The van der Waals surface area contributed by atoms with Crippen LogP contribution in [0.4, 0.5) is 0 Å². The molecule has 2 aromatic heterocycles. The topological polar surface area (TPSA) is 85.1 Å². The molecule has 0 aliphatic heterocycles. The second kappa shape index (κ2) is 6.25. The van der Waals surface area contributed by atoms with Crippen LogP contribution in [0.3, 0.4) is 0 Å². The van der Waals surface area contributed by atoms with E-state index in [4.69, 9.17) is 0 Å². The zero-order valence-electron chi connectivity index (χ0n) is 15.0. The highest BCUT2D eigenvalue weighted by molar-refractivity contribution is 5.80. The van der Waals surface area contributed by atoms with Gasteiger partial charge in [-0.15, -0.1) is 5.10 Å². The molecule has 4 aromatic rings. The van der Waals surface area contributed by atoms with Gasteiger partial charge >= 0.3 is 11.1 Å². The standard InChI is InChI=1S/C20H17N5O2/c1-13(2)24-16-9-5-6-10-17(16)25-19(27)18(26)23(22-20(24)25)12-15-8-4-3-7-14(15)11-21/h3-10,13H,12H2,1-2H3. The van der Waals surface area contributed by atoms with E-state index in [1.165, 1.54) is 4.40 Å². The van der Waals surface area contributed by atoms with E-state index in [-0.39, 0.29) is 12.6 Å². The Labute approximate surface area is 154 Å². The maximum absolute atomic E-state index is 12.9. The molecule has 0 unspecified atom stereocenters. The summed E-state index contributed by atoms with van der Waals surface area (Å²) in [5.41, 5.74) is 1.23. The van der Waals surface area contributed by atoms with Crippen LogP contribution in [0.25, 0.3) is 16.8 Å². The Bertz CT molecular complexity index is 1330. The Kier molecular flexibility index (Phi) is 3.89. The van der Waals surface area contributed by atoms with Crippen molar-refractivity contribution in [2.75, 3.05) is 0 Å². The Balaban J connectivity index is 2.05. The van der Waals surface area contributed by atoms with E-state index in [2.05, 4.69) is 11.2 Å². The van der Waals surface area contributed by atoms with Crippen LogP contribution in [-0.4, -0.2) is 18.7 Å². The van der Waals surface area contributed by atoms with Gasteiger partial charge in [0.05, 0.1) is 29.2 Å². The van der Waals surface area contributed by atoms with Crippen molar-refractivity contribution in [3.05, 3.63) is 80.4 Å². The van der Waals surface area contributed by atoms with Crippen LogP contribution in [0.5, 0.6) is 0 Å². The van der Waals surface area contributed by atoms with Crippen LogP contribution >= 0.6 is 0 Å². The molecule has 27 heavy (non-hydrogen) atoms. The van der Waals surface area contributed by atoms with Crippen molar-refractivity contribution in [1.29, 1.82) is 5.26 Å². The molecule has 0 aliphatic carbocycles. The minimum absolute atomic E-state index is 0.0455. The van der Waals surface area contributed by atoms with Gasteiger partial charge in [0.2, 0.25) is 5.78 Å². The smallest absolute Gasteiger partial charge is 0.306 e. The Morgan fingerprint density at radius 1 is 1.00 bits per heavy atom. The second-order valence-electron chi connectivity index (χ2n) is 6.62. The van der Waals surface area contributed by atoms with Crippen molar-refractivity contribution < 1.29 is 0 Å². The van der Waals surface area contributed by atoms with Crippen molar-refractivity contribution >= 4 is 16.8 Å². The molecule has 2 heterocycles. The predicted octanol–water partition coefficient (Wildman–Crippen LogP) is 2.31. The number of rotatable bonds is 3. The fraction of sp³-hybridized carbons (Fsp3) is 0.200. The number of para-hydroxylation sites is 2. The fourth-order valence-corrected chi connectivity index (χ4v) is 3.38. The zero-order chi connectivity index (χ0) is 19.1. The maximum atomic E-state index is 12.9. The van der Waals surface area contributed by atoms with Crippen LogP contribution in [0.1, 0.15) is 31.0 Å². The third-order valence-electron chi connectivity index (χ3n) is 4.60. The molecule has 0 atom stereocenters. The number of hydrogen-bond donors (Lipinski definition) is 0. The van der Waals surface area contributed by atoms with Crippen LogP contribution in [0.15, 0.2) is 58.1 Å². The lowest BCUT2D eigenvalue weighted by molar-refractivity contribution is 0.581. The first-order valence-corrected chi connectivity index (χ1v) is 8.63. The van der Waals surface area contributed by atoms with Gasteiger partial charge in [0.25, 0.3) is 0 Å². The summed E-state index contributed by atoms with van der Waals surface area (Å²) >= 11 is 0. The van der Waals surface area contributed by atoms with Crippen molar-refractivity contribution in [2.24, 2.45) is 0 Å². The van der Waals surface area contributed by atoms with E-state index in [1.54, 1.807) is 30.3 Å². The summed E-state index contributed by atoms with van der Waals surface area (Å²) in [7, 11) is 0. The second-order valence-corrected chi connectivity index (χ2v) is 6.62. The van der Waals surface area contributed by atoms with Crippen LogP contribution < -0.4 is 11.1 Å². The lowest BCUT2D eigenvalue weighted by Gasteiger charge is -2.11. The third kappa shape index (κ3) is 2.54. The van der Waals surface area contributed by atoms with Crippen molar-refractivity contribution in [1.82, 2.24) is 18.7 Å². The third-order valence-corrected chi connectivity index (χ3v) is 4.60. The van der Waals surface area contributed by atoms with Crippen molar-refractivity contribution in [2.45, 2.75) is 26.4 Å². The van der Waals surface area contributed by atoms with E-state index in [1.807, 2.05) is 36.6 Å². The summed E-state index contributed by atoms with van der Waals surface area (Å²) in [6.07, 6.45) is 0. The predicted molar refractivity (Wildman–Crippen MR) is 102 cm³/mol.